The van der Waals surface area contributed by atoms with E-state index >= 15 is 0 Å². The molecule has 1 radical (unpaired) electrons. The van der Waals surface area contributed by atoms with Crippen molar-refractivity contribution in [3.05, 3.63) is 6.42 Å². The quantitative estimate of drug-likeness (QED) is 0.416. The van der Waals surface area contributed by atoms with Crippen LogP contribution in [0.2, 0.25) is 0 Å². The number of nitrogens with zero attached hydrogens (tertiary/aromatic N) is 1. The highest BCUT2D eigenvalue weighted by Crippen LogP contribution is 2.06. The first kappa shape index (κ1) is 4.41. The summed E-state index contributed by atoms with van der Waals surface area (Å²) in [6.45, 7) is 1.99. The van der Waals surface area contributed by atoms with Crippen molar-refractivity contribution in [3.63, 3.8) is 0 Å². The highest BCUT2D eigenvalue weighted by Gasteiger charge is 2.06. The molecule has 0 aromatic heterocycles. The highest BCUT2D eigenvalue weighted by atomic mass is 35.5. The van der Waals surface area contributed by atoms with E-state index in [1.54, 1.807) is 4.42 Å². The van der Waals surface area contributed by atoms with Gasteiger partial charge < -0.3 is 0 Å². The third-order valence-corrected chi connectivity index (χ3v) is 1.21. The van der Waals surface area contributed by atoms with Gasteiger partial charge >= 0.3 is 0 Å². The van der Waals surface area contributed by atoms with Crippen molar-refractivity contribution in [3.8, 4) is 0 Å². The Kier molecular flexibility index (Phi) is 1.33. The van der Waals surface area contributed by atoms with Crippen LogP contribution < -0.4 is 0 Å². The molecule has 1 saturated heterocycles. The third kappa shape index (κ3) is 0.854. The fourth-order valence-electron chi connectivity index (χ4n) is 0.554. The van der Waals surface area contributed by atoms with Gasteiger partial charge in [0.2, 0.25) is 0 Å². The predicted octanol–water partition coefficient (Wildman–Crippen LogP) is 1.05. The topological polar surface area (TPSA) is 3.24 Å². The van der Waals surface area contributed by atoms with Gasteiger partial charge in [0.15, 0.2) is 0 Å². The van der Waals surface area contributed by atoms with Gasteiger partial charge in [0.25, 0.3) is 0 Å². The van der Waals surface area contributed by atoms with Gasteiger partial charge in [0, 0.05) is 13.1 Å². The van der Waals surface area contributed by atoms with E-state index in [1.165, 1.54) is 0 Å². The SMILES string of the molecule is ClN1C[CH]CC1. The molecular formula is C4H7ClN. The van der Waals surface area contributed by atoms with Crippen LogP contribution in [0.5, 0.6) is 0 Å². The van der Waals surface area contributed by atoms with Crippen LogP contribution in [-0.4, -0.2) is 17.5 Å². The average Bonchev–Trinajstić information content (AvgIpc) is 1.86. The van der Waals surface area contributed by atoms with Crippen molar-refractivity contribution in [1.82, 2.24) is 4.42 Å². The number of hydrogen-bond acceptors (Lipinski definition) is 1. The van der Waals surface area contributed by atoms with E-state index in [0.29, 0.717) is 0 Å². The van der Waals surface area contributed by atoms with Gasteiger partial charge in [-0.3, -0.25) is 0 Å². The van der Waals surface area contributed by atoms with Crippen LogP contribution >= 0.6 is 11.8 Å². The van der Waals surface area contributed by atoms with Crippen LogP contribution in [0, 0.1) is 6.42 Å². The first-order valence-corrected chi connectivity index (χ1v) is 2.46. The molecule has 0 spiro atoms. The van der Waals surface area contributed by atoms with Crippen LogP contribution in [0.3, 0.4) is 0 Å². The number of halogens is 1. The molecule has 1 aliphatic heterocycles. The second kappa shape index (κ2) is 1.80. The maximum absolute atomic E-state index is 5.51. The molecular weight excluding hydrogens is 97.5 g/mol. The lowest BCUT2D eigenvalue weighted by molar-refractivity contribution is 0.575. The molecule has 0 atom stereocenters. The normalized spacial score (nSPS) is 25.5. The van der Waals surface area contributed by atoms with Crippen LogP contribution in [-0.2, 0) is 0 Å². The number of rotatable bonds is 0. The largest absolute Gasteiger partial charge is 0.220 e. The monoisotopic (exact) mass is 104 g/mol. The van der Waals surface area contributed by atoms with Crippen LogP contribution in [0.25, 0.3) is 0 Å². The molecule has 1 nitrogen and oxygen atoms in total. The summed E-state index contributed by atoms with van der Waals surface area (Å²) >= 11 is 5.51. The van der Waals surface area contributed by atoms with Gasteiger partial charge in [-0.05, 0) is 24.6 Å². The summed E-state index contributed by atoms with van der Waals surface area (Å²) in [6, 6.07) is 0. The van der Waals surface area contributed by atoms with E-state index < -0.39 is 0 Å². The Morgan fingerprint density at radius 1 is 1.67 bits per heavy atom. The first-order chi connectivity index (χ1) is 2.89. The summed E-state index contributed by atoms with van der Waals surface area (Å²) in [4.78, 5) is 0. The second-order valence-corrected chi connectivity index (χ2v) is 1.92. The Hall–Kier alpha value is 0.250. The molecule has 0 unspecified atom stereocenters. The van der Waals surface area contributed by atoms with E-state index in [-0.39, 0.29) is 0 Å². The summed E-state index contributed by atoms with van der Waals surface area (Å²) < 4.78 is 1.78. The van der Waals surface area contributed by atoms with Crippen molar-refractivity contribution >= 4 is 11.8 Å². The molecule has 0 aromatic carbocycles. The summed E-state index contributed by atoms with van der Waals surface area (Å²) in [5.41, 5.74) is 0. The Labute approximate surface area is 43.0 Å². The molecule has 1 fully saturated rings. The molecule has 2 heteroatoms. The van der Waals surface area contributed by atoms with Crippen molar-refractivity contribution in [2.24, 2.45) is 0 Å². The molecule has 0 saturated carbocycles. The van der Waals surface area contributed by atoms with E-state index in [1.807, 2.05) is 0 Å². The molecule has 0 aromatic rings. The van der Waals surface area contributed by atoms with Gasteiger partial charge in [-0.15, -0.1) is 0 Å². The predicted molar refractivity (Wildman–Crippen MR) is 26.3 cm³/mol. The van der Waals surface area contributed by atoms with Gasteiger partial charge in [-0.1, -0.05) is 0 Å². The molecule has 35 valence electrons. The molecule has 1 heterocycles. The molecule has 6 heavy (non-hydrogen) atoms. The zero-order chi connectivity index (χ0) is 4.41. The van der Waals surface area contributed by atoms with Gasteiger partial charge in [0.1, 0.15) is 0 Å². The van der Waals surface area contributed by atoms with E-state index in [2.05, 4.69) is 6.42 Å². The Balaban J connectivity index is 2.18. The van der Waals surface area contributed by atoms with Crippen molar-refractivity contribution in [1.29, 1.82) is 0 Å². The minimum Gasteiger partial charge on any atom is -0.220 e. The summed E-state index contributed by atoms with van der Waals surface area (Å²) in [6.07, 6.45) is 3.33. The average molecular weight is 105 g/mol. The van der Waals surface area contributed by atoms with Gasteiger partial charge in [-0.2, -0.15) is 0 Å². The molecule has 0 aliphatic carbocycles. The molecule has 1 aliphatic rings. The van der Waals surface area contributed by atoms with E-state index in [4.69, 9.17) is 11.8 Å². The van der Waals surface area contributed by atoms with Crippen LogP contribution in [0.4, 0.5) is 0 Å². The third-order valence-electron chi connectivity index (χ3n) is 0.903. The second-order valence-electron chi connectivity index (χ2n) is 1.45. The zero-order valence-corrected chi connectivity index (χ0v) is 4.28. The lowest BCUT2D eigenvalue weighted by atomic mass is 10.4. The molecule has 0 N–H and O–H groups in total. The molecule has 0 bridgehead atoms. The van der Waals surface area contributed by atoms with Crippen molar-refractivity contribution in [2.45, 2.75) is 6.42 Å². The fraction of sp³-hybridized carbons (Fsp3) is 0.750. The molecule has 1 rings (SSSR count). The maximum atomic E-state index is 5.51. The van der Waals surface area contributed by atoms with Crippen LogP contribution in [0.1, 0.15) is 6.42 Å². The van der Waals surface area contributed by atoms with Gasteiger partial charge in [0.05, 0.1) is 0 Å². The van der Waals surface area contributed by atoms with Gasteiger partial charge in [-0.25, -0.2) is 4.42 Å². The fourth-order valence-corrected chi connectivity index (χ4v) is 0.749. The standard InChI is InChI=1S/C4H7ClN/c5-6-3-1-2-4-6/h1H,2-4H2. The minimum absolute atomic E-state index is 0.960. The Morgan fingerprint density at radius 3 is 2.67 bits per heavy atom. The molecule has 0 amide bonds. The maximum Gasteiger partial charge on any atom is 0.0170 e. The van der Waals surface area contributed by atoms with E-state index in [9.17, 15) is 0 Å². The highest BCUT2D eigenvalue weighted by molar-refractivity contribution is 6.13. The Morgan fingerprint density at radius 2 is 2.50 bits per heavy atom. The van der Waals surface area contributed by atoms with Crippen molar-refractivity contribution < 1.29 is 0 Å². The lowest BCUT2D eigenvalue weighted by Crippen LogP contribution is -2.02. The van der Waals surface area contributed by atoms with E-state index in [0.717, 1.165) is 19.5 Å². The smallest absolute Gasteiger partial charge is 0.0170 e. The van der Waals surface area contributed by atoms with Crippen molar-refractivity contribution in [2.75, 3.05) is 13.1 Å². The summed E-state index contributed by atoms with van der Waals surface area (Å²) in [7, 11) is 0. The zero-order valence-electron chi connectivity index (χ0n) is 3.52. The summed E-state index contributed by atoms with van der Waals surface area (Å²) in [5.74, 6) is 0. The lowest BCUT2D eigenvalue weighted by Gasteiger charge is -1.96. The number of hydrogen-bond donors (Lipinski definition) is 0. The minimum atomic E-state index is 0.960. The van der Waals surface area contributed by atoms with Crippen LogP contribution in [0.15, 0.2) is 0 Å². The Bertz CT molecular complexity index is 40.8. The first-order valence-electron chi connectivity index (χ1n) is 2.12. The summed E-state index contributed by atoms with van der Waals surface area (Å²) in [5, 5.41) is 0.